The number of nitrogens with one attached hydrogen (secondary N) is 1. The fourth-order valence-corrected chi connectivity index (χ4v) is 2.99. The van der Waals surface area contributed by atoms with Crippen molar-refractivity contribution < 1.29 is 10.2 Å². The van der Waals surface area contributed by atoms with E-state index in [-0.39, 0.29) is 5.76 Å². The number of hydrogen-bond acceptors (Lipinski definition) is 3. The van der Waals surface area contributed by atoms with E-state index in [0.717, 1.165) is 19.4 Å². The molecule has 80 valence electrons. The second-order valence-electron chi connectivity index (χ2n) is 4.52. The number of allylic oxidation sites excluding steroid dienone is 2. The van der Waals surface area contributed by atoms with Crippen LogP contribution in [-0.2, 0) is 0 Å². The first-order chi connectivity index (χ1) is 7.27. The molecule has 0 saturated carbocycles. The van der Waals surface area contributed by atoms with Gasteiger partial charge < -0.3 is 15.5 Å². The second-order valence-corrected chi connectivity index (χ2v) is 4.52. The molecule has 1 atom stereocenters. The van der Waals surface area contributed by atoms with Gasteiger partial charge in [-0.15, -0.1) is 0 Å². The van der Waals surface area contributed by atoms with E-state index in [1.54, 1.807) is 6.20 Å². The molecular weight excluding hydrogens is 190 g/mol. The fourth-order valence-electron chi connectivity index (χ4n) is 2.99. The fraction of sp³-hybridized carbons (Fsp3) is 0.500. The first-order valence-corrected chi connectivity index (χ1v) is 5.54. The van der Waals surface area contributed by atoms with Gasteiger partial charge in [-0.2, -0.15) is 0 Å². The van der Waals surface area contributed by atoms with Crippen LogP contribution in [-0.4, -0.2) is 16.8 Å². The monoisotopic (exact) mass is 205 g/mol. The Morgan fingerprint density at radius 2 is 2.00 bits per heavy atom. The third kappa shape index (κ3) is 1.19. The molecule has 0 saturated heterocycles. The van der Waals surface area contributed by atoms with Crippen molar-refractivity contribution in [2.24, 2.45) is 5.92 Å². The lowest BCUT2D eigenvalue weighted by Gasteiger charge is -2.24. The van der Waals surface area contributed by atoms with Crippen LogP contribution in [0.3, 0.4) is 0 Å². The Morgan fingerprint density at radius 1 is 1.20 bits per heavy atom. The summed E-state index contributed by atoms with van der Waals surface area (Å²) in [7, 11) is 0. The van der Waals surface area contributed by atoms with Crippen molar-refractivity contribution in [3.05, 3.63) is 34.4 Å². The number of aliphatic hydroxyl groups is 2. The van der Waals surface area contributed by atoms with Gasteiger partial charge in [-0.3, -0.25) is 0 Å². The van der Waals surface area contributed by atoms with Crippen LogP contribution in [0.25, 0.3) is 0 Å². The van der Waals surface area contributed by atoms with Crippen LogP contribution < -0.4 is 5.32 Å². The molecular formula is C12H15NO2. The smallest absolute Gasteiger partial charge is 0.142 e. The Morgan fingerprint density at radius 3 is 2.87 bits per heavy atom. The summed E-state index contributed by atoms with van der Waals surface area (Å²) in [6.45, 7) is 0.812. The molecule has 0 aromatic heterocycles. The molecule has 0 amide bonds. The molecule has 2 aliphatic carbocycles. The molecule has 0 aromatic rings. The quantitative estimate of drug-likeness (QED) is 0.568. The molecule has 0 bridgehead atoms. The largest absolute Gasteiger partial charge is 0.512 e. The molecule has 15 heavy (non-hydrogen) atoms. The van der Waals surface area contributed by atoms with Gasteiger partial charge in [0.15, 0.2) is 0 Å². The predicted molar refractivity (Wildman–Crippen MR) is 57.4 cm³/mol. The van der Waals surface area contributed by atoms with Crippen LogP contribution in [0, 0.1) is 5.92 Å². The standard InChI is InChI=1S/C12H15NO2/c14-9-4-3-7-1-2-8-5-13-6-10(15)12(9)11(7)8/h6-7,13-15H,1-5H2. The van der Waals surface area contributed by atoms with Crippen LogP contribution in [0.1, 0.15) is 25.7 Å². The molecule has 3 rings (SSSR count). The van der Waals surface area contributed by atoms with E-state index >= 15 is 0 Å². The molecule has 3 aliphatic rings. The highest BCUT2D eigenvalue weighted by atomic mass is 16.3. The summed E-state index contributed by atoms with van der Waals surface area (Å²) < 4.78 is 0. The maximum Gasteiger partial charge on any atom is 0.142 e. The van der Waals surface area contributed by atoms with Gasteiger partial charge >= 0.3 is 0 Å². The van der Waals surface area contributed by atoms with Crippen molar-refractivity contribution in [3.8, 4) is 0 Å². The van der Waals surface area contributed by atoms with Crippen LogP contribution in [0.4, 0.5) is 0 Å². The molecule has 0 radical (unpaired) electrons. The first-order valence-electron chi connectivity index (χ1n) is 5.54. The van der Waals surface area contributed by atoms with E-state index in [4.69, 9.17) is 0 Å². The lowest BCUT2D eigenvalue weighted by atomic mass is 9.83. The summed E-state index contributed by atoms with van der Waals surface area (Å²) in [5, 5.41) is 22.8. The van der Waals surface area contributed by atoms with Crippen LogP contribution in [0.15, 0.2) is 34.4 Å². The molecule has 0 spiro atoms. The highest BCUT2D eigenvalue weighted by Gasteiger charge is 2.35. The van der Waals surface area contributed by atoms with Crippen molar-refractivity contribution >= 4 is 0 Å². The summed E-state index contributed by atoms with van der Waals surface area (Å²) in [6, 6.07) is 0. The third-order valence-corrected chi connectivity index (χ3v) is 3.68. The third-order valence-electron chi connectivity index (χ3n) is 3.68. The zero-order valence-electron chi connectivity index (χ0n) is 8.58. The van der Waals surface area contributed by atoms with E-state index in [2.05, 4.69) is 5.32 Å². The zero-order valence-corrected chi connectivity index (χ0v) is 8.58. The molecule has 1 heterocycles. The Labute approximate surface area is 88.8 Å². The van der Waals surface area contributed by atoms with Crippen molar-refractivity contribution in [1.29, 1.82) is 0 Å². The van der Waals surface area contributed by atoms with Crippen LogP contribution in [0.5, 0.6) is 0 Å². The van der Waals surface area contributed by atoms with E-state index in [0.29, 0.717) is 23.7 Å². The maximum absolute atomic E-state index is 9.88. The zero-order chi connectivity index (χ0) is 10.4. The van der Waals surface area contributed by atoms with E-state index in [1.807, 2.05) is 0 Å². The maximum atomic E-state index is 9.88. The summed E-state index contributed by atoms with van der Waals surface area (Å²) >= 11 is 0. The molecule has 1 aliphatic heterocycles. The topological polar surface area (TPSA) is 52.5 Å². The average molecular weight is 205 g/mol. The summed E-state index contributed by atoms with van der Waals surface area (Å²) in [6.07, 6.45) is 5.61. The normalized spacial score (nSPS) is 29.6. The van der Waals surface area contributed by atoms with Crippen molar-refractivity contribution in [3.63, 3.8) is 0 Å². The van der Waals surface area contributed by atoms with Gasteiger partial charge in [-0.1, -0.05) is 0 Å². The van der Waals surface area contributed by atoms with Gasteiger partial charge in [0.1, 0.15) is 11.5 Å². The molecule has 3 nitrogen and oxygen atoms in total. The Bertz CT molecular complexity index is 404. The summed E-state index contributed by atoms with van der Waals surface area (Å²) in [4.78, 5) is 0. The van der Waals surface area contributed by atoms with Gasteiger partial charge in [0.25, 0.3) is 0 Å². The van der Waals surface area contributed by atoms with Gasteiger partial charge in [-0.25, -0.2) is 0 Å². The molecule has 0 fully saturated rings. The van der Waals surface area contributed by atoms with Crippen molar-refractivity contribution in [1.82, 2.24) is 5.32 Å². The minimum Gasteiger partial charge on any atom is -0.512 e. The predicted octanol–water partition coefficient (Wildman–Crippen LogP) is 2.30. The van der Waals surface area contributed by atoms with E-state index in [9.17, 15) is 10.2 Å². The average Bonchev–Trinajstić information content (AvgIpc) is 2.53. The molecule has 3 heteroatoms. The molecule has 1 unspecified atom stereocenters. The second kappa shape index (κ2) is 3.05. The number of aliphatic hydroxyl groups excluding tert-OH is 2. The van der Waals surface area contributed by atoms with Crippen molar-refractivity contribution in [2.45, 2.75) is 25.7 Å². The lowest BCUT2D eigenvalue weighted by Crippen LogP contribution is -2.13. The van der Waals surface area contributed by atoms with E-state index in [1.165, 1.54) is 17.6 Å². The van der Waals surface area contributed by atoms with Crippen LogP contribution in [0.2, 0.25) is 0 Å². The molecule has 0 aromatic carbocycles. The highest BCUT2D eigenvalue weighted by Crippen LogP contribution is 2.46. The number of hydrogen-bond donors (Lipinski definition) is 3. The minimum absolute atomic E-state index is 0.198. The lowest BCUT2D eigenvalue weighted by molar-refractivity contribution is 0.334. The van der Waals surface area contributed by atoms with Gasteiger partial charge in [-0.05, 0) is 36.3 Å². The van der Waals surface area contributed by atoms with Crippen molar-refractivity contribution in [2.75, 3.05) is 6.54 Å². The first kappa shape index (κ1) is 8.89. The SMILES string of the molecule is OC1=CNCC2=C3C1=C(O)CCC3CC2. The van der Waals surface area contributed by atoms with E-state index < -0.39 is 0 Å². The summed E-state index contributed by atoms with van der Waals surface area (Å²) in [5.74, 6) is 1.11. The van der Waals surface area contributed by atoms with Gasteiger partial charge in [0.2, 0.25) is 0 Å². The highest BCUT2D eigenvalue weighted by molar-refractivity contribution is 5.53. The molecule has 3 N–H and O–H groups in total. The summed E-state index contributed by atoms with van der Waals surface area (Å²) in [5.41, 5.74) is 3.29. The van der Waals surface area contributed by atoms with Gasteiger partial charge in [0.05, 0.1) is 5.57 Å². The minimum atomic E-state index is 0.198. The number of rotatable bonds is 0. The Hall–Kier alpha value is -1.38. The Balaban J connectivity index is 2.20. The van der Waals surface area contributed by atoms with Gasteiger partial charge in [0, 0.05) is 19.2 Å². The Kier molecular flexibility index (Phi) is 1.81. The van der Waals surface area contributed by atoms with Crippen LogP contribution >= 0.6 is 0 Å².